The van der Waals surface area contributed by atoms with E-state index in [1.807, 2.05) is 13.0 Å². The predicted octanol–water partition coefficient (Wildman–Crippen LogP) is 3.81. The summed E-state index contributed by atoms with van der Waals surface area (Å²) in [6, 6.07) is 2.26. The topological polar surface area (TPSA) is 47.0 Å². The molecule has 1 aliphatic carbocycles. The van der Waals surface area contributed by atoms with Gasteiger partial charge in [-0.2, -0.15) is 4.98 Å². The van der Waals surface area contributed by atoms with Gasteiger partial charge in [-0.1, -0.05) is 27.7 Å². The largest absolute Gasteiger partial charge is 0.481 e. The minimum Gasteiger partial charge on any atom is -0.481 e. The monoisotopic (exact) mass is 277 g/mol. The van der Waals surface area contributed by atoms with E-state index in [-0.39, 0.29) is 0 Å². The minimum absolute atomic E-state index is 0.354. The van der Waals surface area contributed by atoms with Crippen LogP contribution < -0.4 is 10.1 Å². The lowest BCUT2D eigenvalue weighted by Gasteiger charge is -2.45. The molecule has 2 rings (SSSR count). The second-order valence-corrected chi connectivity index (χ2v) is 7.63. The van der Waals surface area contributed by atoms with E-state index in [2.05, 4.69) is 43.0 Å². The summed E-state index contributed by atoms with van der Waals surface area (Å²) in [5.41, 5.74) is 1.63. The molecule has 1 N–H and O–H groups in total. The van der Waals surface area contributed by atoms with Crippen LogP contribution in [0.25, 0.3) is 0 Å². The van der Waals surface area contributed by atoms with Gasteiger partial charge in [0.2, 0.25) is 11.8 Å². The Morgan fingerprint density at radius 2 is 1.75 bits per heavy atom. The molecule has 1 fully saturated rings. The van der Waals surface area contributed by atoms with Crippen molar-refractivity contribution >= 4 is 5.95 Å². The van der Waals surface area contributed by atoms with E-state index in [4.69, 9.17) is 4.74 Å². The number of aromatic nitrogens is 2. The summed E-state index contributed by atoms with van der Waals surface area (Å²) >= 11 is 0. The van der Waals surface area contributed by atoms with Gasteiger partial charge in [0.25, 0.3) is 0 Å². The summed E-state index contributed by atoms with van der Waals surface area (Å²) in [5, 5.41) is 3.51. The van der Waals surface area contributed by atoms with Crippen molar-refractivity contribution in [1.29, 1.82) is 0 Å². The maximum Gasteiger partial charge on any atom is 0.226 e. The molecule has 0 atom stereocenters. The molecule has 0 unspecified atom stereocenters. The number of hydrogen-bond donors (Lipinski definition) is 1. The first kappa shape index (κ1) is 15.1. The standard InChI is InChI=1S/C16H27N3O/c1-11-7-13(20-6)19-14(17-11)18-12-8-15(2,3)10-16(4,5)9-12/h7,12H,8-10H2,1-6H3,(H,17,18,19). The molecule has 1 aliphatic rings. The van der Waals surface area contributed by atoms with Gasteiger partial charge in [-0.15, -0.1) is 0 Å². The number of nitrogens with zero attached hydrogens (tertiary/aromatic N) is 2. The van der Waals surface area contributed by atoms with Crippen LogP contribution in [0.4, 0.5) is 5.95 Å². The summed E-state index contributed by atoms with van der Waals surface area (Å²) in [6.07, 6.45) is 3.56. The van der Waals surface area contributed by atoms with Crippen LogP contribution in [0.15, 0.2) is 6.07 Å². The van der Waals surface area contributed by atoms with E-state index in [1.165, 1.54) is 6.42 Å². The van der Waals surface area contributed by atoms with Gasteiger partial charge in [-0.25, -0.2) is 4.98 Å². The van der Waals surface area contributed by atoms with Crippen LogP contribution in [0.2, 0.25) is 0 Å². The quantitative estimate of drug-likeness (QED) is 0.912. The molecule has 0 amide bonds. The molecule has 1 heterocycles. The van der Waals surface area contributed by atoms with E-state index in [0.29, 0.717) is 28.7 Å². The zero-order chi connectivity index (χ0) is 15.0. The lowest BCUT2D eigenvalue weighted by molar-refractivity contribution is 0.105. The molecule has 0 aliphatic heterocycles. The van der Waals surface area contributed by atoms with Crippen molar-refractivity contribution in [3.63, 3.8) is 0 Å². The number of rotatable bonds is 3. The molecule has 112 valence electrons. The average Bonchev–Trinajstić information content (AvgIpc) is 2.23. The zero-order valence-electron chi connectivity index (χ0n) is 13.6. The Morgan fingerprint density at radius 3 is 2.30 bits per heavy atom. The molecule has 0 radical (unpaired) electrons. The molecule has 0 aromatic carbocycles. The fourth-order valence-electron chi connectivity index (χ4n) is 3.84. The van der Waals surface area contributed by atoms with Crippen LogP contribution in [0, 0.1) is 17.8 Å². The van der Waals surface area contributed by atoms with Crippen molar-refractivity contribution in [2.45, 2.75) is 59.9 Å². The van der Waals surface area contributed by atoms with Gasteiger partial charge < -0.3 is 10.1 Å². The molecular formula is C16H27N3O. The molecule has 1 aromatic heterocycles. The fraction of sp³-hybridized carbons (Fsp3) is 0.750. The van der Waals surface area contributed by atoms with E-state index in [1.54, 1.807) is 7.11 Å². The van der Waals surface area contributed by atoms with Gasteiger partial charge in [-0.05, 0) is 37.0 Å². The number of ether oxygens (including phenoxy) is 1. The van der Waals surface area contributed by atoms with E-state index < -0.39 is 0 Å². The summed E-state index contributed by atoms with van der Waals surface area (Å²) in [4.78, 5) is 8.87. The normalized spacial score (nSPS) is 21.5. The first-order valence-electron chi connectivity index (χ1n) is 7.35. The average molecular weight is 277 g/mol. The van der Waals surface area contributed by atoms with Crippen molar-refractivity contribution in [3.8, 4) is 5.88 Å². The number of hydrogen-bond acceptors (Lipinski definition) is 4. The van der Waals surface area contributed by atoms with Crippen LogP contribution in [-0.2, 0) is 0 Å². The lowest BCUT2D eigenvalue weighted by atomic mass is 9.63. The molecule has 1 aromatic rings. The molecule has 20 heavy (non-hydrogen) atoms. The van der Waals surface area contributed by atoms with Crippen molar-refractivity contribution in [2.24, 2.45) is 10.8 Å². The van der Waals surface area contributed by atoms with Crippen molar-refractivity contribution in [1.82, 2.24) is 9.97 Å². The molecule has 0 spiro atoms. The second-order valence-electron chi connectivity index (χ2n) is 7.63. The Bertz CT molecular complexity index is 467. The number of methoxy groups -OCH3 is 1. The smallest absolute Gasteiger partial charge is 0.226 e. The summed E-state index contributed by atoms with van der Waals surface area (Å²) in [5.74, 6) is 1.30. The van der Waals surface area contributed by atoms with Gasteiger partial charge >= 0.3 is 0 Å². The number of aryl methyl sites for hydroxylation is 1. The molecule has 1 saturated carbocycles. The second kappa shape index (κ2) is 5.23. The Balaban J connectivity index is 2.15. The molecule has 4 nitrogen and oxygen atoms in total. The first-order chi connectivity index (χ1) is 9.19. The third-order valence-corrected chi connectivity index (χ3v) is 3.93. The van der Waals surface area contributed by atoms with Gasteiger partial charge in [0.05, 0.1) is 7.11 Å². The highest BCUT2D eigenvalue weighted by molar-refractivity contribution is 5.32. The first-order valence-corrected chi connectivity index (χ1v) is 7.35. The Kier molecular flexibility index (Phi) is 3.94. The van der Waals surface area contributed by atoms with E-state index in [0.717, 1.165) is 18.5 Å². The lowest BCUT2D eigenvalue weighted by Crippen LogP contribution is -2.40. The number of anilines is 1. The predicted molar refractivity (Wildman–Crippen MR) is 82.1 cm³/mol. The Labute approximate surface area is 122 Å². The summed E-state index contributed by atoms with van der Waals surface area (Å²) < 4.78 is 5.22. The molecule has 4 heteroatoms. The van der Waals surface area contributed by atoms with Crippen LogP contribution in [0.1, 0.15) is 52.7 Å². The fourth-order valence-corrected chi connectivity index (χ4v) is 3.84. The highest BCUT2D eigenvalue weighted by Crippen LogP contribution is 2.46. The maximum atomic E-state index is 5.22. The third-order valence-electron chi connectivity index (χ3n) is 3.93. The Morgan fingerprint density at radius 1 is 1.15 bits per heavy atom. The zero-order valence-corrected chi connectivity index (χ0v) is 13.6. The van der Waals surface area contributed by atoms with Gasteiger partial charge in [0, 0.05) is 17.8 Å². The molecule has 0 saturated heterocycles. The van der Waals surface area contributed by atoms with Crippen LogP contribution >= 0.6 is 0 Å². The summed E-state index contributed by atoms with van der Waals surface area (Å²) in [6.45, 7) is 11.4. The molecular weight excluding hydrogens is 250 g/mol. The SMILES string of the molecule is COc1cc(C)nc(NC2CC(C)(C)CC(C)(C)C2)n1. The van der Waals surface area contributed by atoms with Crippen molar-refractivity contribution in [3.05, 3.63) is 11.8 Å². The molecule has 0 bridgehead atoms. The van der Waals surface area contributed by atoms with Crippen molar-refractivity contribution in [2.75, 3.05) is 12.4 Å². The maximum absolute atomic E-state index is 5.22. The van der Waals surface area contributed by atoms with Gasteiger partial charge in [-0.3, -0.25) is 0 Å². The highest BCUT2D eigenvalue weighted by Gasteiger charge is 2.38. The summed E-state index contributed by atoms with van der Waals surface area (Å²) in [7, 11) is 1.64. The Hall–Kier alpha value is -1.32. The van der Waals surface area contributed by atoms with Crippen LogP contribution in [-0.4, -0.2) is 23.1 Å². The van der Waals surface area contributed by atoms with Crippen LogP contribution in [0.3, 0.4) is 0 Å². The van der Waals surface area contributed by atoms with E-state index in [9.17, 15) is 0 Å². The minimum atomic E-state index is 0.354. The van der Waals surface area contributed by atoms with Gasteiger partial charge in [0.1, 0.15) is 0 Å². The van der Waals surface area contributed by atoms with E-state index >= 15 is 0 Å². The van der Waals surface area contributed by atoms with Crippen molar-refractivity contribution < 1.29 is 4.74 Å². The van der Waals surface area contributed by atoms with Gasteiger partial charge in [0.15, 0.2) is 0 Å². The highest BCUT2D eigenvalue weighted by atomic mass is 16.5. The number of nitrogens with one attached hydrogen (secondary N) is 1. The van der Waals surface area contributed by atoms with Crippen LogP contribution in [0.5, 0.6) is 5.88 Å². The third kappa shape index (κ3) is 3.84.